The van der Waals surface area contributed by atoms with Gasteiger partial charge in [0.05, 0.1) is 11.8 Å². The molecule has 3 N–H and O–H groups in total. The number of amides is 3. The SMILES string of the molecule is CCC(=O)Nc1nc2c(OC)cc(NC(=O)Nc3cccc(Cl)c3C)cc2s1. The molecule has 7 nitrogen and oxygen atoms in total. The van der Waals surface area contributed by atoms with Crippen LogP contribution in [0.5, 0.6) is 5.75 Å². The standard InChI is InChI=1S/C19H19ClN4O3S/c1-4-16(25)23-19-24-17-14(27-3)8-11(9-15(17)28-19)21-18(26)22-13-7-5-6-12(20)10(13)2/h5-9H,4H2,1-3H3,(H2,21,22,26)(H,23,24,25). The normalized spacial score (nSPS) is 10.6. The number of urea groups is 1. The lowest BCUT2D eigenvalue weighted by atomic mass is 10.2. The summed E-state index contributed by atoms with van der Waals surface area (Å²) >= 11 is 7.40. The van der Waals surface area contributed by atoms with Gasteiger partial charge in [0.25, 0.3) is 0 Å². The Balaban J connectivity index is 1.83. The fourth-order valence-electron chi connectivity index (χ4n) is 2.52. The number of rotatable bonds is 5. The molecule has 0 unspecified atom stereocenters. The van der Waals surface area contributed by atoms with E-state index < -0.39 is 6.03 Å². The van der Waals surface area contributed by atoms with Crippen LogP contribution >= 0.6 is 22.9 Å². The summed E-state index contributed by atoms with van der Waals surface area (Å²) in [6.45, 7) is 3.60. The summed E-state index contributed by atoms with van der Waals surface area (Å²) in [5.41, 5.74) is 2.57. The smallest absolute Gasteiger partial charge is 0.323 e. The van der Waals surface area contributed by atoms with Crippen molar-refractivity contribution in [3.05, 3.63) is 40.9 Å². The zero-order valence-electron chi connectivity index (χ0n) is 15.6. The second-order valence-corrected chi connectivity index (χ2v) is 7.38. The van der Waals surface area contributed by atoms with Gasteiger partial charge in [0, 0.05) is 28.9 Å². The van der Waals surface area contributed by atoms with Crippen molar-refractivity contribution < 1.29 is 14.3 Å². The third-order valence-electron chi connectivity index (χ3n) is 4.02. The predicted molar refractivity (Wildman–Crippen MR) is 114 cm³/mol. The number of nitrogens with zero attached hydrogens (tertiary/aromatic N) is 1. The van der Waals surface area contributed by atoms with Crippen LogP contribution in [0.15, 0.2) is 30.3 Å². The Morgan fingerprint density at radius 2 is 2.00 bits per heavy atom. The van der Waals surface area contributed by atoms with E-state index in [0.717, 1.165) is 10.3 Å². The quantitative estimate of drug-likeness (QED) is 0.527. The first-order chi connectivity index (χ1) is 13.4. The maximum atomic E-state index is 12.4. The number of halogens is 1. The topological polar surface area (TPSA) is 92.3 Å². The fourth-order valence-corrected chi connectivity index (χ4v) is 3.63. The summed E-state index contributed by atoms with van der Waals surface area (Å²) in [7, 11) is 1.53. The van der Waals surface area contributed by atoms with Crippen LogP contribution in [0.25, 0.3) is 10.2 Å². The van der Waals surface area contributed by atoms with Gasteiger partial charge in [-0.25, -0.2) is 9.78 Å². The number of methoxy groups -OCH3 is 1. The number of thiazole rings is 1. The van der Waals surface area contributed by atoms with E-state index in [9.17, 15) is 9.59 Å². The van der Waals surface area contributed by atoms with Crippen LogP contribution in [0.3, 0.4) is 0 Å². The lowest BCUT2D eigenvalue weighted by molar-refractivity contribution is -0.115. The second-order valence-electron chi connectivity index (χ2n) is 5.94. The molecular formula is C19H19ClN4O3S. The van der Waals surface area contributed by atoms with Crippen LogP contribution in [0.2, 0.25) is 5.02 Å². The number of anilines is 3. The number of aromatic nitrogens is 1. The van der Waals surface area contributed by atoms with Crippen molar-refractivity contribution in [2.75, 3.05) is 23.1 Å². The van der Waals surface area contributed by atoms with Gasteiger partial charge in [0.15, 0.2) is 5.13 Å². The number of ether oxygens (including phenoxy) is 1. The van der Waals surface area contributed by atoms with Crippen molar-refractivity contribution in [1.29, 1.82) is 0 Å². The highest BCUT2D eigenvalue weighted by atomic mass is 35.5. The van der Waals surface area contributed by atoms with Crippen LogP contribution in [-0.2, 0) is 4.79 Å². The van der Waals surface area contributed by atoms with Crippen molar-refractivity contribution in [3.63, 3.8) is 0 Å². The molecule has 0 aliphatic heterocycles. The summed E-state index contributed by atoms with van der Waals surface area (Å²) in [6.07, 6.45) is 0.364. The molecule has 0 aliphatic rings. The summed E-state index contributed by atoms with van der Waals surface area (Å²) in [6, 6.07) is 8.35. The van der Waals surface area contributed by atoms with Gasteiger partial charge in [-0.05, 0) is 30.7 Å². The minimum Gasteiger partial charge on any atom is -0.494 e. The third-order valence-corrected chi connectivity index (χ3v) is 5.35. The molecule has 0 fully saturated rings. The predicted octanol–water partition coefficient (Wildman–Crippen LogP) is 5.26. The Bertz CT molecular complexity index is 1050. The van der Waals surface area contributed by atoms with Crippen LogP contribution in [0.4, 0.5) is 21.3 Å². The van der Waals surface area contributed by atoms with Crippen molar-refractivity contribution in [2.45, 2.75) is 20.3 Å². The molecule has 3 rings (SSSR count). The largest absolute Gasteiger partial charge is 0.494 e. The minimum atomic E-state index is -0.407. The lowest BCUT2D eigenvalue weighted by Crippen LogP contribution is -2.20. The molecule has 2 aromatic carbocycles. The lowest BCUT2D eigenvalue weighted by Gasteiger charge is -2.11. The Morgan fingerprint density at radius 1 is 1.21 bits per heavy atom. The number of carbonyl (C=O) groups is 2. The van der Waals surface area contributed by atoms with Gasteiger partial charge >= 0.3 is 6.03 Å². The van der Waals surface area contributed by atoms with E-state index >= 15 is 0 Å². The number of fused-ring (bicyclic) bond motifs is 1. The Hall–Kier alpha value is -2.84. The van der Waals surface area contributed by atoms with E-state index in [4.69, 9.17) is 16.3 Å². The van der Waals surface area contributed by atoms with E-state index in [1.54, 1.807) is 37.3 Å². The Morgan fingerprint density at radius 3 is 2.71 bits per heavy atom. The van der Waals surface area contributed by atoms with Crippen molar-refractivity contribution in [2.24, 2.45) is 0 Å². The zero-order valence-corrected chi connectivity index (χ0v) is 17.1. The molecule has 1 heterocycles. The highest BCUT2D eigenvalue weighted by Crippen LogP contribution is 2.35. The van der Waals surface area contributed by atoms with Gasteiger partial charge in [-0.2, -0.15) is 0 Å². The third kappa shape index (κ3) is 4.35. The molecule has 9 heteroatoms. The van der Waals surface area contributed by atoms with Crippen LogP contribution < -0.4 is 20.7 Å². The maximum absolute atomic E-state index is 12.4. The van der Waals surface area contributed by atoms with Gasteiger partial charge in [-0.1, -0.05) is 35.9 Å². The average Bonchev–Trinajstić information content (AvgIpc) is 3.06. The molecule has 3 aromatic rings. The fraction of sp³-hybridized carbons (Fsp3) is 0.211. The zero-order chi connectivity index (χ0) is 20.3. The van der Waals surface area contributed by atoms with Crippen LogP contribution in [0, 0.1) is 6.92 Å². The molecule has 0 aliphatic carbocycles. The van der Waals surface area contributed by atoms with Gasteiger partial charge in [-0.3, -0.25) is 4.79 Å². The second kappa shape index (κ2) is 8.45. The van der Waals surface area contributed by atoms with Crippen LogP contribution in [0.1, 0.15) is 18.9 Å². The first kappa shape index (κ1) is 19.9. The van der Waals surface area contributed by atoms with Gasteiger partial charge in [-0.15, -0.1) is 0 Å². The van der Waals surface area contributed by atoms with Crippen molar-refractivity contribution in [1.82, 2.24) is 4.98 Å². The molecule has 1 aromatic heterocycles. The van der Waals surface area contributed by atoms with E-state index in [0.29, 0.717) is 39.2 Å². The molecule has 0 bridgehead atoms. The number of carbonyl (C=O) groups excluding carboxylic acids is 2. The maximum Gasteiger partial charge on any atom is 0.323 e. The molecule has 28 heavy (non-hydrogen) atoms. The highest BCUT2D eigenvalue weighted by molar-refractivity contribution is 7.22. The molecule has 0 saturated carbocycles. The van der Waals surface area contributed by atoms with Gasteiger partial charge in [0.2, 0.25) is 5.91 Å². The van der Waals surface area contributed by atoms with Crippen molar-refractivity contribution in [3.8, 4) is 5.75 Å². The molecule has 0 atom stereocenters. The number of nitrogens with one attached hydrogen (secondary N) is 3. The summed E-state index contributed by atoms with van der Waals surface area (Å²) in [5, 5.41) is 9.36. The van der Waals surface area contributed by atoms with Gasteiger partial charge < -0.3 is 20.7 Å². The number of hydrogen-bond acceptors (Lipinski definition) is 5. The monoisotopic (exact) mass is 418 g/mol. The summed E-state index contributed by atoms with van der Waals surface area (Å²) < 4.78 is 6.17. The summed E-state index contributed by atoms with van der Waals surface area (Å²) in [5.74, 6) is 0.382. The molecule has 0 spiro atoms. The molecule has 0 saturated heterocycles. The molecular weight excluding hydrogens is 400 g/mol. The van der Waals surface area contributed by atoms with E-state index in [1.807, 2.05) is 6.92 Å². The Labute approximate surface area is 171 Å². The first-order valence-electron chi connectivity index (χ1n) is 8.52. The van der Waals surface area contributed by atoms with Gasteiger partial charge in [0.1, 0.15) is 11.3 Å². The number of benzene rings is 2. The van der Waals surface area contributed by atoms with E-state index in [-0.39, 0.29) is 5.91 Å². The van der Waals surface area contributed by atoms with Crippen molar-refractivity contribution >= 4 is 61.6 Å². The van der Waals surface area contributed by atoms with E-state index in [1.165, 1.54) is 18.4 Å². The Kier molecular flexibility index (Phi) is 6.01. The molecule has 3 amide bonds. The first-order valence-corrected chi connectivity index (χ1v) is 9.72. The minimum absolute atomic E-state index is 0.118. The van der Waals surface area contributed by atoms with Crippen LogP contribution in [-0.4, -0.2) is 24.0 Å². The molecule has 146 valence electrons. The molecule has 0 radical (unpaired) electrons. The summed E-state index contributed by atoms with van der Waals surface area (Å²) in [4.78, 5) is 28.4. The number of hydrogen-bond donors (Lipinski definition) is 3. The van der Waals surface area contributed by atoms with E-state index in [2.05, 4.69) is 20.9 Å². The average molecular weight is 419 g/mol. The highest BCUT2D eigenvalue weighted by Gasteiger charge is 2.14.